The molecule has 0 bridgehead atoms. The monoisotopic (exact) mass is 450 g/mol. The summed E-state index contributed by atoms with van der Waals surface area (Å²) >= 11 is 13.6. The summed E-state index contributed by atoms with van der Waals surface area (Å²) in [5.41, 5.74) is 0.775. The summed E-state index contributed by atoms with van der Waals surface area (Å²) in [6, 6.07) is 10.3. The highest BCUT2D eigenvalue weighted by Gasteiger charge is 2.27. The molecule has 150 valence electrons. The highest BCUT2D eigenvalue weighted by Crippen LogP contribution is 2.29. The number of amides is 2. The number of urea groups is 1. The number of carbonyl (C=O) groups excluding carboxylic acids is 1. The molecule has 3 heterocycles. The summed E-state index contributed by atoms with van der Waals surface area (Å²) in [5, 5.41) is 14.3. The molecule has 2 aromatic heterocycles. The molecule has 1 aliphatic heterocycles. The minimum Gasteiger partial charge on any atom is -0.484 e. The zero-order valence-electron chi connectivity index (χ0n) is 15.1. The number of nitrogens with one attached hydrogen (secondary N) is 1. The summed E-state index contributed by atoms with van der Waals surface area (Å²) < 4.78 is 7.44. The van der Waals surface area contributed by atoms with Crippen LogP contribution in [0.2, 0.25) is 10.0 Å². The van der Waals surface area contributed by atoms with Gasteiger partial charge in [-0.25, -0.2) is 14.5 Å². The maximum atomic E-state index is 12.8. The molecule has 0 fully saturated rings. The van der Waals surface area contributed by atoms with E-state index in [-0.39, 0.29) is 12.6 Å². The molecule has 4 rings (SSSR count). The van der Waals surface area contributed by atoms with Crippen LogP contribution in [0, 0.1) is 0 Å². The van der Waals surface area contributed by atoms with E-state index >= 15 is 0 Å². The average molecular weight is 451 g/mol. The summed E-state index contributed by atoms with van der Waals surface area (Å²) in [4.78, 5) is 17.0. The summed E-state index contributed by atoms with van der Waals surface area (Å²) in [6.07, 6.45) is 1.69. The Morgan fingerprint density at radius 1 is 1.24 bits per heavy atom. The number of halogens is 2. The number of aromatic nitrogens is 4. The molecule has 3 aromatic rings. The first-order valence-corrected chi connectivity index (χ1v) is 10.5. The first-order valence-electron chi connectivity index (χ1n) is 8.72. The van der Waals surface area contributed by atoms with Gasteiger partial charge in [-0.05, 0) is 30.3 Å². The normalized spacial score (nSPS) is 13.1. The van der Waals surface area contributed by atoms with Crippen LogP contribution < -0.4 is 15.1 Å². The number of hydrogen-bond acceptors (Lipinski definition) is 6. The lowest BCUT2D eigenvalue weighted by Crippen LogP contribution is -2.50. The third-order valence-electron chi connectivity index (χ3n) is 4.08. The van der Waals surface area contributed by atoms with Gasteiger partial charge in [0.1, 0.15) is 12.4 Å². The fraction of sp³-hybridized carbons (Fsp3) is 0.222. The molecule has 1 N–H and O–H groups in total. The number of rotatable bonds is 5. The molecule has 0 atom stereocenters. The number of hydrogen-bond donors (Lipinski definition) is 1. The zero-order chi connectivity index (χ0) is 20.2. The molecule has 0 spiro atoms. The van der Waals surface area contributed by atoms with E-state index in [2.05, 4.69) is 20.5 Å². The van der Waals surface area contributed by atoms with E-state index in [0.717, 1.165) is 11.4 Å². The predicted molar refractivity (Wildman–Crippen MR) is 111 cm³/mol. The van der Waals surface area contributed by atoms with Crippen LogP contribution >= 0.6 is 35.0 Å². The third-order valence-corrected chi connectivity index (χ3v) is 5.51. The van der Waals surface area contributed by atoms with Crippen molar-refractivity contribution in [1.29, 1.82) is 0 Å². The predicted octanol–water partition coefficient (Wildman–Crippen LogP) is 3.51. The van der Waals surface area contributed by atoms with Crippen LogP contribution in [-0.4, -0.2) is 38.2 Å². The second-order valence-corrected chi connectivity index (χ2v) is 7.93. The number of carbonyl (C=O) groups is 1. The van der Waals surface area contributed by atoms with Gasteiger partial charge in [0.25, 0.3) is 0 Å². The second-order valence-electron chi connectivity index (χ2n) is 6.03. The Hall–Kier alpha value is -2.49. The highest BCUT2D eigenvalue weighted by atomic mass is 35.5. The van der Waals surface area contributed by atoms with Crippen LogP contribution in [0.1, 0.15) is 11.5 Å². The van der Waals surface area contributed by atoms with Crippen molar-refractivity contribution in [2.24, 2.45) is 0 Å². The van der Waals surface area contributed by atoms with Gasteiger partial charge >= 0.3 is 6.03 Å². The van der Waals surface area contributed by atoms with Crippen LogP contribution in [-0.2, 0) is 13.2 Å². The average Bonchev–Trinajstić information content (AvgIpc) is 3.15. The molecule has 0 aliphatic carbocycles. The van der Waals surface area contributed by atoms with E-state index in [1.165, 1.54) is 11.8 Å². The molecule has 0 radical (unpaired) electrons. The molecule has 1 aliphatic rings. The van der Waals surface area contributed by atoms with Gasteiger partial charge in [-0.15, -0.1) is 10.2 Å². The lowest BCUT2D eigenvalue weighted by Gasteiger charge is -2.29. The van der Waals surface area contributed by atoms with Crippen molar-refractivity contribution in [3.8, 4) is 5.75 Å². The van der Waals surface area contributed by atoms with Gasteiger partial charge in [0.2, 0.25) is 5.16 Å². The molecule has 0 saturated heterocycles. The van der Waals surface area contributed by atoms with Gasteiger partial charge in [-0.2, -0.15) is 0 Å². The second kappa shape index (κ2) is 8.89. The van der Waals surface area contributed by atoms with Crippen LogP contribution in [0.25, 0.3) is 0 Å². The van der Waals surface area contributed by atoms with Gasteiger partial charge in [0.05, 0.1) is 23.8 Å². The molecule has 8 nitrogen and oxygen atoms in total. The molecular formula is C18H16Cl2N6O2S. The van der Waals surface area contributed by atoms with Crippen molar-refractivity contribution in [2.75, 3.05) is 17.3 Å². The van der Waals surface area contributed by atoms with E-state index in [0.29, 0.717) is 39.9 Å². The first-order chi connectivity index (χ1) is 14.1. The van der Waals surface area contributed by atoms with E-state index in [1.807, 2.05) is 18.2 Å². The SMILES string of the molecule is O=C(NCc1ccccn1)N1CCSc2nnc(COc3ccc(Cl)cc3Cl)n21. The fourth-order valence-corrected chi connectivity index (χ4v) is 4.06. The summed E-state index contributed by atoms with van der Waals surface area (Å²) in [5.74, 6) is 1.69. The first kappa shape index (κ1) is 19.8. The number of fused-ring (bicyclic) bond motifs is 1. The minimum absolute atomic E-state index is 0.0962. The fourth-order valence-electron chi connectivity index (χ4n) is 2.73. The Bertz CT molecular complexity index is 1020. The van der Waals surface area contributed by atoms with Crippen LogP contribution in [0.15, 0.2) is 47.8 Å². The quantitative estimate of drug-likeness (QED) is 0.639. The summed E-state index contributed by atoms with van der Waals surface area (Å²) in [7, 11) is 0. The van der Waals surface area contributed by atoms with E-state index < -0.39 is 0 Å². The summed E-state index contributed by atoms with van der Waals surface area (Å²) in [6.45, 7) is 0.935. The molecule has 1 aromatic carbocycles. The van der Waals surface area contributed by atoms with Crippen LogP contribution in [0.3, 0.4) is 0 Å². The topological polar surface area (TPSA) is 85.2 Å². The largest absolute Gasteiger partial charge is 0.484 e. The van der Waals surface area contributed by atoms with E-state index in [1.54, 1.807) is 34.1 Å². The van der Waals surface area contributed by atoms with Crippen molar-refractivity contribution < 1.29 is 9.53 Å². The van der Waals surface area contributed by atoms with Gasteiger partial charge in [-0.3, -0.25) is 4.98 Å². The Kier molecular flexibility index (Phi) is 6.08. The van der Waals surface area contributed by atoms with E-state index in [9.17, 15) is 4.79 Å². The standard InChI is InChI=1S/C18H16Cl2N6O2S/c19-12-4-5-15(14(20)9-12)28-11-16-23-24-18-26(16)25(7-8-29-18)17(27)22-10-13-3-1-2-6-21-13/h1-6,9H,7-8,10-11H2,(H,22,27). The van der Waals surface area contributed by atoms with Crippen LogP contribution in [0.4, 0.5) is 4.79 Å². The maximum absolute atomic E-state index is 12.8. The molecule has 29 heavy (non-hydrogen) atoms. The van der Waals surface area contributed by atoms with Crippen LogP contribution in [0.5, 0.6) is 5.75 Å². The zero-order valence-corrected chi connectivity index (χ0v) is 17.4. The Balaban J connectivity index is 1.47. The number of nitrogens with zero attached hydrogens (tertiary/aromatic N) is 5. The maximum Gasteiger partial charge on any atom is 0.336 e. The van der Waals surface area contributed by atoms with Crippen molar-refractivity contribution >= 4 is 41.0 Å². The molecular weight excluding hydrogens is 435 g/mol. The number of ether oxygens (including phenoxy) is 1. The number of thioether (sulfide) groups is 1. The Morgan fingerprint density at radius 2 is 2.14 bits per heavy atom. The van der Waals surface area contributed by atoms with Crippen molar-refractivity contribution in [3.63, 3.8) is 0 Å². The highest BCUT2D eigenvalue weighted by molar-refractivity contribution is 7.99. The Morgan fingerprint density at radius 3 is 2.93 bits per heavy atom. The lowest BCUT2D eigenvalue weighted by atomic mass is 10.3. The smallest absolute Gasteiger partial charge is 0.336 e. The van der Waals surface area contributed by atoms with Gasteiger partial charge < -0.3 is 10.1 Å². The van der Waals surface area contributed by atoms with Crippen molar-refractivity contribution in [3.05, 3.63) is 64.2 Å². The number of pyridine rings is 1. The minimum atomic E-state index is -0.261. The van der Waals surface area contributed by atoms with Gasteiger partial charge in [0, 0.05) is 17.0 Å². The van der Waals surface area contributed by atoms with Gasteiger partial charge in [0.15, 0.2) is 5.82 Å². The third kappa shape index (κ3) is 4.58. The van der Waals surface area contributed by atoms with E-state index in [4.69, 9.17) is 27.9 Å². The van der Waals surface area contributed by atoms with Gasteiger partial charge in [-0.1, -0.05) is 41.0 Å². The lowest BCUT2D eigenvalue weighted by molar-refractivity contribution is 0.236. The number of benzene rings is 1. The Labute approximate surface area is 181 Å². The molecule has 0 saturated carbocycles. The van der Waals surface area contributed by atoms with Crippen molar-refractivity contribution in [2.45, 2.75) is 18.3 Å². The van der Waals surface area contributed by atoms with Crippen molar-refractivity contribution in [1.82, 2.24) is 25.2 Å². The molecule has 11 heteroatoms. The molecule has 0 unspecified atom stereocenters. The molecule has 2 amide bonds.